The van der Waals surface area contributed by atoms with Gasteiger partial charge < -0.3 is 11.6 Å². The van der Waals surface area contributed by atoms with Gasteiger partial charge in [-0.1, -0.05) is 6.07 Å². The molecule has 2 aromatic heterocycles. The molecule has 0 fully saturated rings. The second-order valence-corrected chi connectivity index (χ2v) is 4.31. The Hall–Kier alpha value is -1.56. The molecule has 2 rings (SSSR count). The van der Waals surface area contributed by atoms with Crippen molar-refractivity contribution in [3.8, 4) is 0 Å². The van der Waals surface area contributed by atoms with Gasteiger partial charge in [-0.25, -0.2) is 4.68 Å². The maximum atomic E-state index is 5.63. The number of aryl methyl sites for hydroxylation is 2. The summed E-state index contributed by atoms with van der Waals surface area (Å²) in [6.45, 7) is 0. The van der Waals surface area contributed by atoms with E-state index < -0.39 is 0 Å². The molecule has 0 atom stereocenters. The minimum Gasteiger partial charge on any atom is -0.366 e. The third-order valence-electron chi connectivity index (χ3n) is 2.20. The van der Waals surface area contributed by atoms with E-state index in [1.54, 1.807) is 11.3 Å². The summed E-state index contributed by atoms with van der Waals surface area (Å²) in [6.07, 6.45) is 2.86. The van der Waals surface area contributed by atoms with E-state index in [4.69, 9.17) is 11.6 Å². The number of anilines is 1. The Kier molecular flexibility index (Phi) is 2.86. The van der Waals surface area contributed by atoms with Crippen molar-refractivity contribution in [1.29, 1.82) is 0 Å². The minimum absolute atomic E-state index is 0.265. The van der Waals surface area contributed by atoms with Gasteiger partial charge in [0.05, 0.1) is 0 Å². The summed E-state index contributed by atoms with van der Waals surface area (Å²) < 4.78 is 1.34. The molecule has 80 valence electrons. The molecular formula is C9H13N5S. The molecule has 0 unspecified atom stereocenters. The molecule has 0 aliphatic carbocycles. The van der Waals surface area contributed by atoms with Gasteiger partial charge in [0.25, 0.3) is 0 Å². The quantitative estimate of drug-likeness (QED) is 0.751. The van der Waals surface area contributed by atoms with Crippen LogP contribution in [-0.2, 0) is 12.8 Å². The zero-order valence-electron chi connectivity index (χ0n) is 8.26. The van der Waals surface area contributed by atoms with Gasteiger partial charge in [0, 0.05) is 11.3 Å². The Balaban J connectivity index is 1.86. The first kappa shape index (κ1) is 9.97. The van der Waals surface area contributed by atoms with E-state index in [1.807, 2.05) is 0 Å². The molecule has 6 heteroatoms. The van der Waals surface area contributed by atoms with Gasteiger partial charge in [0.1, 0.15) is 0 Å². The first-order chi connectivity index (χ1) is 7.27. The van der Waals surface area contributed by atoms with E-state index in [-0.39, 0.29) is 5.95 Å². The fraction of sp³-hybridized carbons (Fsp3) is 0.333. The average molecular weight is 223 g/mol. The Morgan fingerprint density at radius 2 is 2.20 bits per heavy atom. The van der Waals surface area contributed by atoms with E-state index in [0.717, 1.165) is 25.1 Å². The van der Waals surface area contributed by atoms with Crippen LogP contribution in [0.1, 0.15) is 17.1 Å². The fourth-order valence-electron chi connectivity index (χ4n) is 1.38. The summed E-state index contributed by atoms with van der Waals surface area (Å²) in [4.78, 5) is 1.38. The monoisotopic (exact) mass is 223 g/mol. The van der Waals surface area contributed by atoms with Crippen molar-refractivity contribution < 1.29 is 0 Å². The number of nitrogens with zero attached hydrogens (tertiary/aromatic N) is 3. The maximum absolute atomic E-state index is 5.63. The molecule has 0 saturated heterocycles. The molecule has 2 heterocycles. The van der Waals surface area contributed by atoms with Crippen LogP contribution in [0.15, 0.2) is 17.5 Å². The van der Waals surface area contributed by atoms with Crippen molar-refractivity contribution in [3.63, 3.8) is 0 Å². The first-order valence-corrected chi connectivity index (χ1v) is 5.62. The Morgan fingerprint density at radius 1 is 1.33 bits per heavy atom. The number of thiophene rings is 1. The van der Waals surface area contributed by atoms with Gasteiger partial charge in [-0.05, 0) is 24.3 Å². The van der Waals surface area contributed by atoms with Crippen LogP contribution in [0.4, 0.5) is 5.95 Å². The number of hydrogen-bond acceptors (Lipinski definition) is 5. The largest absolute Gasteiger partial charge is 0.366 e. The van der Waals surface area contributed by atoms with Crippen LogP contribution in [0.3, 0.4) is 0 Å². The number of hydrogen-bond donors (Lipinski definition) is 2. The molecule has 0 spiro atoms. The molecule has 2 aromatic rings. The summed E-state index contributed by atoms with van der Waals surface area (Å²) in [5.74, 6) is 6.64. The highest BCUT2D eigenvalue weighted by Gasteiger charge is 2.05. The van der Waals surface area contributed by atoms with Crippen molar-refractivity contribution >= 4 is 17.3 Å². The van der Waals surface area contributed by atoms with Crippen molar-refractivity contribution in [2.24, 2.45) is 0 Å². The average Bonchev–Trinajstić information content (AvgIpc) is 2.83. The second kappa shape index (κ2) is 4.31. The van der Waals surface area contributed by atoms with Gasteiger partial charge >= 0.3 is 0 Å². The zero-order chi connectivity index (χ0) is 10.7. The number of aromatic nitrogens is 3. The smallest absolute Gasteiger partial charge is 0.240 e. The van der Waals surface area contributed by atoms with Crippen LogP contribution in [0.5, 0.6) is 0 Å². The van der Waals surface area contributed by atoms with Crippen LogP contribution in [0.25, 0.3) is 0 Å². The molecule has 0 aliphatic heterocycles. The van der Waals surface area contributed by atoms with Crippen LogP contribution >= 0.6 is 11.3 Å². The maximum Gasteiger partial charge on any atom is 0.240 e. The van der Waals surface area contributed by atoms with E-state index >= 15 is 0 Å². The van der Waals surface area contributed by atoms with E-state index in [0.29, 0.717) is 0 Å². The van der Waals surface area contributed by atoms with Gasteiger partial charge in [-0.3, -0.25) is 0 Å². The molecule has 5 nitrogen and oxygen atoms in total. The van der Waals surface area contributed by atoms with Gasteiger partial charge in [0.2, 0.25) is 5.95 Å². The highest BCUT2D eigenvalue weighted by atomic mass is 32.1. The third-order valence-corrected chi connectivity index (χ3v) is 3.13. The first-order valence-electron chi connectivity index (χ1n) is 4.74. The molecule has 0 saturated carbocycles. The highest BCUT2D eigenvalue weighted by molar-refractivity contribution is 7.09. The van der Waals surface area contributed by atoms with Crippen LogP contribution in [0.2, 0.25) is 0 Å². The minimum atomic E-state index is 0.265. The van der Waals surface area contributed by atoms with Crippen LogP contribution in [0, 0.1) is 0 Å². The lowest BCUT2D eigenvalue weighted by Gasteiger charge is -2.00. The lowest BCUT2D eigenvalue weighted by Crippen LogP contribution is -2.15. The lowest BCUT2D eigenvalue weighted by molar-refractivity contribution is 0.747. The van der Waals surface area contributed by atoms with Gasteiger partial charge in [-0.2, -0.15) is 0 Å². The molecule has 0 radical (unpaired) electrons. The van der Waals surface area contributed by atoms with Crippen molar-refractivity contribution in [3.05, 3.63) is 28.2 Å². The van der Waals surface area contributed by atoms with Crippen molar-refractivity contribution in [2.75, 3.05) is 11.6 Å². The van der Waals surface area contributed by atoms with Crippen molar-refractivity contribution in [1.82, 2.24) is 14.9 Å². The molecule has 0 amide bonds. The lowest BCUT2D eigenvalue weighted by atomic mass is 10.2. The standard InChI is InChI=1S/C9H13N5S/c10-9-13-12-8(14(9)11)5-1-3-7-4-2-6-15-7/h2,4,6H,1,3,5,11H2,(H2,10,13). The van der Waals surface area contributed by atoms with Crippen molar-refractivity contribution in [2.45, 2.75) is 19.3 Å². The predicted molar refractivity (Wildman–Crippen MR) is 60.9 cm³/mol. The topological polar surface area (TPSA) is 82.8 Å². The summed E-state index contributed by atoms with van der Waals surface area (Å²) in [5.41, 5.74) is 5.47. The molecule has 4 N–H and O–H groups in total. The highest BCUT2D eigenvalue weighted by Crippen LogP contribution is 2.12. The van der Waals surface area contributed by atoms with E-state index in [1.165, 1.54) is 9.55 Å². The summed E-state index contributed by atoms with van der Waals surface area (Å²) in [7, 11) is 0. The molecular weight excluding hydrogens is 210 g/mol. The SMILES string of the molecule is Nc1nnc(CCCc2cccs2)n1N. The van der Waals surface area contributed by atoms with Crippen LogP contribution in [-0.4, -0.2) is 14.9 Å². The Labute approximate surface area is 91.7 Å². The van der Waals surface area contributed by atoms with Crippen LogP contribution < -0.4 is 11.6 Å². The van der Waals surface area contributed by atoms with E-state index in [9.17, 15) is 0 Å². The normalized spacial score (nSPS) is 10.7. The predicted octanol–water partition coefficient (Wildman–Crippen LogP) is 0.811. The van der Waals surface area contributed by atoms with Gasteiger partial charge in [-0.15, -0.1) is 21.5 Å². The number of nitrogen functional groups attached to an aromatic ring is 2. The summed E-state index contributed by atoms with van der Waals surface area (Å²) in [6, 6.07) is 4.19. The fourth-order valence-corrected chi connectivity index (χ4v) is 2.13. The molecule has 0 aliphatic rings. The Bertz CT molecular complexity index is 420. The summed E-state index contributed by atoms with van der Waals surface area (Å²) in [5, 5.41) is 9.68. The zero-order valence-corrected chi connectivity index (χ0v) is 9.07. The third kappa shape index (κ3) is 2.27. The molecule has 15 heavy (non-hydrogen) atoms. The Morgan fingerprint density at radius 3 is 2.80 bits per heavy atom. The number of nitrogens with two attached hydrogens (primary N) is 2. The summed E-state index contributed by atoms with van der Waals surface area (Å²) >= 11 is 1.77. The molecule has 0 aromatic carbocycles. The van der Waals surface area contributed by atoms with Gasteiger partial charge in [0.15, 0.2) is 5.82 Å². The molecule has 0 bridgehead atoms. The van der Waals surface area contributed by atoms with E-state index in [2.05, 4.69) is 27.7 Å². The number of rotatable bonds is 4. The second-order valence-electron chi connectivity index (χ2n) is 3.28.